The van der Waals surface area contributed by atoms with Crippen molar-refractivity contribution in [3.05, 3.63) is 98.8 Å². The number of ether oxygens (including phenoxy) is 3. The van der Waals surface area contributed by atoms with Crippen LogP contribution in [0.15, 0.2) is 70.8 Å². The molecule has 1 aliphatic rings. The summed E-state index contributed by atoms with van der Waals surface area (Å²) in [6.45, 7) is 2.24. The number of benzene rings is 2. The Kier molecular flexibility index (Phi) is 5.61. The number of aromatic nitrogens is 1. The number of fused-ring (bicyclic) bond motifs is 1. The lowest BCUT2D eigenvalue weighted by Gasteiger charge is -2.28. The minimum atomic E-state index is -0.736. The van der Waals surface area contributed by atoms with Gasteiger partial charge >= 0.3 is 0 Å². The van der Waals surface area contributed by atoms with Gasteiger partial charge in [0, 0.05) is 23.4 Å². The van der Waals surface area contributed by atoms with Gasteiger partial charge in [0.25, 0.3) is 5.56 Å². The Morgan fingerprint density at radius 1 is 1.12 bits per heavy atom. The molecule has 0 radical (unpaired) electrons. The normalized spacial score (nSPS) is 14.9. The van der Waals surface area contributed by atoms with Gasteiger partial charge in [-0.25, -0.2) is 0 Å². The van der Waals surface area contributed by atoms with E-state index in [1.54, 1.807) is 35.9 Å². The third-order valence-electron chi connectivity index (χ3n) is 5.63. The fourth-order valence-corrected chi connectivity index (χ4v) is 4.02. The van der Waals surface area contributed by atoms with Crippen molar-refractivity contribution in [2.75, 3.05) is 14.2 Å². The molecule has 0 bridgehead atoms. The largest absolute Gasteiger partial charge is 0.497 e. The van der Waals surface area contributed by atoms with Crippen molar-refractivity contribution in [3.63, 3.8) is 0 Å². The van der Waals surface area contributed by atoms with E-state index >= 15 is 0 Å². The van der Waals surface area contributed by atoms with Gasteiger partial charge in [-0.3, -0.25) is 4.79 Å². The molecule has 7 nitrogen and oxygen atoms in total. The fraction of sp³-hybridized carbons (Fsp3) is 0.200. The van der Waals surface area contributed by atoms with Crippen molar-refractivity contribution in [2.24, 2.45) is 5.73 Å². The zero-order valence-corrected chi connectivity index (χ0v) is 18.1. The molecule has 32 heavy (non-hydrogen) atoms. The van der Waals surface area contributed by atoms with Crippen LogP contribution in [0.3, 0.4) is 0 Å². The molecule has 1 aromatic heterocycles. The first-order valence-electron chi connectivity index (χ1n) is 10.1. The highest BCUT2D eigenvalue weighted by Gasteiger charge is 2.36. The van der Waals surface area contributed by atoms with Gasteiger partial charge in [-0.15, -0.1) is 0 Å². The molecule has 7 heteroatoms. The van der Waals surface area contributed by atoms with Gasteiger partial charge in [0.15, 0.2) is 0 Å². The summed E-state index contributed by atoms with van der Waals surface area (Å²) in [5.74, 6) is 0.662. The Bertz CT molecular complexity index is 1300. The molecule has 162 valence electrons. The summed E-state index contributed by atoms with van der Waals surface area (Å²) in [6.07, 6.45) is 0. The van der Waals surface area contributed by atoms with Crippen molar-refractivity contribution in [3.8, 4) is 23.3 Å². The van der Waals surface area contributed by atoms with Crippen LogP contribution in [0.2, 0.25) is 0 Å². The van der Waals surface area contributed by atoms with Crippen LogP contribution in [0.4, 0.5) is 0 Å². The monoisotopic (exact) mass is 429 g/mol. The first-order valence-corrected chi connectivity index (χ1v) is 10.1. The molecular formula is C25H23N3O4. The summed E-state index contributed by atoms with van der Waals surface area (Å²) in [5, 5.41) is 9.89. The van der Waals surface area contributed by atoms with Crippen molar-refractivity contribution in [1.82, 2.24) is 4.57 Å². The quantitative estimate of drug-likeness (QED) is 0.667. The number of allylic oxidation sites excluding steroid dienone is 1. The number of rotatable bonds is 5. The molecule has 4 rings (SSSR count). The zero-order valence-electron chi connectivity index (χ0n) is 18.1. The lowest BCUT2D eigenvalue weighted by molar-refractivity contribution is 0.378. The maximum atomic E-state index is 13.8. The van der Waals surface area contributed by atoms with Crippen LogP contribution in [0.5, 0.6) is 17.2 Å². The van der Waals surface area contributed by atoms with Crippen LogP contribution >= 0.6 is 0 Å². The highest BCUT2D eigenvalue weighted by atomic mass is 16.5. The van der Waals surface area contributed by atoms with Gasteiger partial charge in [-0.05, 0) is 18.6 Å². The van der Waals surface area contributed by atoms with Gasteiger partial charge in [0.2, 0.25) is 5.88 Å². The summed E-state index contributed by atoms with van der Waals surface area (Å²) in [4.78, 5) is 13.8. The average Bonchev–Trinajstić information content (AvgIpc) is 2.81. The van der Waals surface area contributed by atoms with Crippen LogP contribution in [0.1, 0.15) is 28.3 Å². The summed E-state index contributed by atoms with van der Waals surface area (Å²) < 4.78 is 18.3. The molecular weight excluding hydrogens is 406 g/mol. The van der Waals surface area contributed by atoms with E-state index in [9.17, 15) is 10.1 Å². The molecule has 0 amide bonds. The molecule has 0 saturated carbocycles. The van der Waals surface area contributed by atoms with E-state index in [0.717, 1.165) is 11.3 Å². The summed E-state index contributed by atoms with van der Waals surface area (Å²) >= 11 is 0. The Morgan fingerprint density at radius 3 is 2.53 bits per heavy atom. The van der Waals surface area contributed by atoms with E-state index in [-0.39, 0.29) is 17.0 Å². The molecule has 2 aromatic carbocycles. The van der Waals surface area contributed by atoms with Crippen LogP contribution in [-0.4, -0.2) is 18.8 Å². The predicted molar refractivity (Wildman–Crippen MR) is 120 cm³/mol. The maximum absolute atomic E-state index is 13.8. The first kappa shape index (κ1) is 21.1. The second-order valence-corrected chi connectivity index (χ2v) is 7.47. The number of hydrogen-bond donors (Lipinski definition) is 1. The van der Waals surface area contributed by atoms with Crippen molar-refractivity contribution >= 4 is 0 Å². The minimum absolute atomic E-state index is 0.0255. The van der Waals surface area contributed by atoms with E-state index in [2.05, 4.69) is 6.07 Å². The summed E-state index contributed by atoms with van der Waals surface area (Å²) in [7, 11) is 3.09. The van der Waals surface area contributed by atoms with Crippen LogP contribution in [0, 0.1) is 18.3 Å². The second kappa shape index (κ2) is 8.52. The van der Waals surface area contributed by atoms with Crippen molar-refractivity contribution < 1.29 is 14.2 Å². The molecule has 2 N–H and O–H groups in total. The van der Waals surface area contributed by atoms with E-state index < -0.39 is 5.92 Å². The van der Waals surface area contributed by atoms with E-state index in [4.69, 9.17) is 19.9 Å². The number of aryl methyl sites for hydroxylation is 1. The fourth-order valence-electron chi connectivity index (χ4n) is 4.02. The van der Waals surface area contributed by atoms with Gasteiger partial charge in [-0.1, -0.05) is 36.4 Å². The number of nitriles is 1. The minimum Gasteiger partial charge on any atom is -0.497 e. The van der Waals surface area contributed by atoms with Crippen LogP contribution in [-0.2, 0) is 6.54 Å². The Morgan fingerprint density at radius 2 is 1.88 bits per heavy atom. The lowest BCUT2D eigenvalue weighted by atomic mass is 9.83. The molecule has 0 aliphatic carbocycles. The van der Waals surface area contributed by atoms with Gasteiger partial charge in [-0.2, -0.15) is 5.26 Å². The highest BCUT2D eigenvalue weighted by molar-refractivity contribution is 5.59. The molecule has 3 aromatic rings. The van der Waals surface area contributed by atoms with Crippen molar-refractivity contribution in [1.29, 1.82) is 5.26 Å². The van der Waals surface area contributed by atoms with E-state index in [1.807, 2.05) is 37.3 Å². The smallest absolute Gasteiger partial charge is 0.259 e. The highest BCUT2D eigenvalue weighted by Crippen LogP contribution is 2.44. The van der Waals surface area contributed by atoms with Gasteiger partial charge < -0.3 is 24.5 Å². The van der Waals surface area contributed by atoms with E-state index in [0.29, 0.717) is 34.9 Å². The number of methoxy groups -OCH3 is 2. The van der Waals surface area contributed by atoms with Crippen LogP contribution < -0.4 is 25.5 Å². The third kappa shape index (κ3) is 3.56. The Balaban J connectivity index is 1.96. The van der Waals surface area contributed by atoms with Crippen LogP contribution in [0.25, 0.3) is 0 Å². The average molecular weight is 429 g/mol. The number of pyridine rings is 1. The Hall–Kier alpha value is -4.18. The molecule has 0 unspecified atom stereocenters. The predicted octanol–water partition coefficient (Wildman–Crippen LogP) is 3.44. The number of nitrogens with two attached hydrogens (primary N) is 1. The SMILES string of the molecule is COc1ccc([C@@H]2C(C#N)=C(N)Oc3cc(C)n(Cc4ccccc4)c(=O)c32)c(OC)c1. The molecule has 0 saturated heterocycles. The van der Waals surface area contributed by atoms with Gasteiger partial charge in [0.05, 0.1) is 32.2 Å². The molecule has 2 heterocycles. The zero-order chi connectivity index (χ0) is 22.8. The van der Waals surface area contributed by atoms with Crippen molar-refractivity contribution in [2.45, 2.75) is 19.4 Å². The van der Waals surface area contributed by atoms with E-state index in [1.165, 1.54) is 7.11 Å². The summed E-state index contributed by atoms with van der Waals surface area (Å²) in [5.41, 5.74) is 8.71. The number of nitrogens with zero attached hydrogens (tertiary/aromatic N) is 2. The molecule has 1 atom stereocenters. The summed E-state index contributed by atoms with van der Waals surface area (Å²) in [6, 6.07) is 18.9. The maximum Gasteiger partial charge on any atom is 0.259 e. The third-order valence-corrected chi connectivity index (χ3v) is 5.63. The topological polar surface area (TPSA) is 99.5 Å². The molecule has 0 fully saturated rings. The number of hydrogen-bond acceptors (Lipinski definition) is 6. The van der Waals surface area contributed by atoms with Gasteiger partial charge in [0.1, 0.15) is 28.9 Å². The molecule has 0 spiro atoms. The lowest BCUT2D eigenvalue weighted by Crippen LogP contribution is -2.33. The first-order chi connectivity index (χ1) is 15.5. The Labute approximate surface area is 185 Å². The standard InChI is InChI=1S/C25H23N3O4/c1-15-11-21-23(25(29)28(15)14-16-7-5-4-6-8-16)22(19(13-26)24(27)32-21)18-10-9-17(30-2)12-20(18)31-3/h4-12,22H,14,27H2,1-3H3/t22-/m1/s1. The second-order valence-electron chi connectivity index (χ2n) is 7.47. The molecule has 1 aliphatic heterocycles.